The van der Waals surface area contributed by atoms with Crippen LogP contribution in [0.5, 0.6) is 0 Å². The first kappa shape index (κ1) is 16.9. The van der Waals surface area contributed by atoms with Gasteiger partial charge in [0.05, 0.1) is 0 Å². The maximum atomic E-state index is 11.3. The van der Waals surface area contributed by atoms with E-state index in [1.807, 2.05) is 0 Å². The summed E-state index contributed by atoms with van der Waals surface area (Å²) >= 11 is 0.804. The Balaban J connectivity index is 3.36. The zero-order valence-electron chi connectivity index (χ0n) is 11.1. The SMILES string of the molecule is CC(=O)[O][Pb]([O]C(C)=O)([O]C(C)=O)[c]1cccc(Cl)c1. The molecule has 0 bridgehead atoms. The molecular formula is C12H13ClO6Pb. The van der Waals surface area contributed by atoms with Gasteiger partial charge in [0.25, 0.3) is 0 Å². The molecule has 0 atom stereocenters. The van der Waals surface area contributed by atoms with Gasteiger partial charge in [-0.2, -0.15) is 0 Å². The normalized spacial score (nSPS) is 10.6. The summed E-state index contributed by atoms with van der Waals surface area (Å²) in [6, 6.07) is 6.18. The zero-order chi connectivity index (χ0) is 15.3. The van der Waals surface area contributed by atoms with Crippen LogP contribution in [0, 0.1) is 0 Å². The molecule has 0 saturated carbocycles. The van der Waals surface area contributed by atoms with Crippen molar-refractivity contribution in [2.75, 3.05) is 0 Å². The molecule has 0 fully saturated rings. The molecular weight excluding hydrogens is 483 g/mol. The van der Waals surface area contributed by atoms with Gasteiger partial charge in [-0.05, 0) is 0 Å². The van der Waals surface area contributed by atoms with Crippen molar-refractivity contribution in [2.24, 2.45) is 0 Å². The van der Waals surface area contributed by atoms with Crippen LogP contribution in [-0.4, -0.2) is 40.4 Å². The Morgan fingerprint density at radius 2 is 1.40 bits per heavy atom. The number of carbonyl (C=O) groups excluding carboxylic acids is 3. The molecule has 0 unspecified atom stereocenters. The first-order chi connectivity index (χ1) is 9.25. The topological polar surface area (TPSA) is 78.9 Å². The van der Waals surface area contributed by atoms with Crippen molar-refractivity contribution in [2.45, 2.75) is 20.8 Å². The molecule has 8 heteroatoms. The first-order valence-corrected chi connectivity index (χ1v) is 12.7. The van der Waals surface area contributed by atoms with Gasteiger partial charge in [0.1, 0.15) is 0 Å². The van der Waals surface area contributed by atoms with E-state index in [2.05, 4.69) is 0 Å². The Bertz CT molecular complexity index is 504. The van der Waals surface area contributed by atoms with Gasteiger partial charge < -0.3 is 0 Å². The summed E-state index contributed by atoms with van der Waals surface area (Å²) < 4.78 is 15.7. The molecule has 0 amide bonds. The third-order valence-electron chi connectivity index (χ3n) is 2.01. The standard InChI is InChI=1S/C6H4Cl.3C2H4O2.Pb/c7-6-4-2-1-3-5-6;3*1-2(3)4;/h1-2,4-5H;3*1H3,(H,3,4);/q;;;;+3/p-3. The predicted molar refractivity (Wildman–Crippen MR) is 72.1 cm³/mol. The Morgan fingerprint density at radius 3 is 1.75 bits per heavy atom. The third-order valence-corrected chi connectivity index (χ3v) is 12.7. The van der Waals surface area contributed by atoms with Gasteiger partial charge in [0.15, 0.2) is 0 Å². The van der Waals surface area contributed by atoms with Gasteiger partial charge in [-0.1, -0.05) is 0 Å². The number of benzene rings is 1. The van der Waals surface area contributed by atoms with Gasteiger partial charge in [-0.15, -0.1) is 0 Å². The van der Waals surface area contributed by atoms with E-state index in [-0.39, 0.29) is 0 Å². The summed E-state index contributed by atoms with van der Waals surface area (Å²) in [6.45, 7) is 3.44. The molecule has 0 N–H and O–H groups in total. The van der Waals surface area contributed by atoms with E-state index in [4.69, 9.17) is 19.7 Å². The number of hydrogen-bond acceptors (Lipinski definition) is 6. The van der Waals surface area contributed by atoms with Crippen LogP contribution in [0.25, 0.3) is 0 Å². The van der Waals surface area contributed by atoms with Crippen LogP contribution >= 0.6 is 11.6 Å². The second-order valence-corrected chi connectivity index (χ2v) is 13.2. The molecule has 0 aliphatic rings. The third kappa shape index (κ3) is 4.75. The van der Waals surface area contributed by atoms with Crippen molar-refractivity contribution < 1.29 is 22.4 Å². The van der Waals surface area contributed by atoms with Gasteiger partial charge in [0, 0.05) is 0 Å². The van der Waals surface area contributed by atoms with Crippen LogP contribution in [0.1, 0.15) is 20.8 Å². The van der Waals surface area contributed by atoms with Crippen molar-refractivity contribution in [3.8, 4) is 0 Å². The number of rotatable bonds is 4. The molecule has 0 aliphatic heterocycles. The van der Waals surface area contributed by atoms with Crippen LogP contribution < -0.4 is 3.12 Å². The molecule has 0 spiro atoms. The zero-order valence-corrected chi connectivity index (χ0v) is 15.8. The van der Waals surface area contributed by atoms with E-state index in [1.54, 1.807) is 18.2 Å². The Hall–Kier alpha value is -1.16. The second-order valence-electron chi connectivity index (χ2n) is 3.85. The van der Waals surface area contributed by atoms with Crippen molar-refractivity contribution in [3.05, 3.63) is 29.3 Å². The van der Waals surface area contributed by atoms with Crippen LogP contribution in [0.4, 0.5) is 0 Å². The number of halogens is 1. The molecule has 0 radical (unpaired) electrons. The number of hydrogen-bond donors (Lipinski definition) is 0. The molecule has 0 heterocycles. The van der Waals surface area contributed by atoms with Crippen LogP contribution in [-0.2, 0) is 22.4 Å². The molecule has 0 saturated heterocycles. The monoisotopic (exact) mass is 496 g/mol. The van der Waals surface area contributed by atoms with E-state index >= 15 is 0 Å². The summed E-state index contributed by atoms with van der Waals surface area (Å²) in [6.07, 6.45) is 0. The molecule has 0 aliphatic carbocycles. The number of carbonyl (C=O) groups is 3. The van der Waals surface area contributed by atoms with Crippen molar-refractivity contribution in [1.29, 1.82) is 0 Å². The van der Waals surface area contributed by atoms with Gasteiger partial charge in [-0.3, -0.25) is 0 Å². The van der Waals surface area contributed by atoms with Gasteiger partial charge in [0.2, 0.25) is 0 Å². The van der Waals surface area contributed by atoms with E-state index < -0.39 is 40.4 Å². The molecule has 108 valence electrons. The quantitative estimate of drug-likeness (QED) is 0.584. The van der Waals surface area contributed by atoms with Crippen LogP contribution in [0.3, 0.4) is 0 Å². The van der Waals surface area contributed by atoms with Crippen LogP contribution in [0.2, 0.25) is 5.02 Å². The molecule has 0 aromatic heterocycles. The summed E-state index contributed by atoms with van der Waals surface area (Å²) in [5.41, 5.74) is 0. The fraction of sp³-hybridized carbons (Fsp3) is 0.250. The average Bonchev–Trinajstić information content (AvgIpc) is 2.25. The molecule has 6 nitrogen and oxygen atoms in total. The Kier molecular flexibility index (Phi) is 5.93. The first-order valence-electron chi connectivity index (χ1n) is 5.60. The second kappa shape index (κ2) is 7.02. The predicted octanol–water partition coefficient (Wildman–Crippen LogP) is 1.18. The fourth-order valence-corrected chi connectivity index (χ4v) is 10.8. The molecule has 20 heavy (non-hydrogen) atoms. The molecule has 1 aromatic rings. The van der Waals surface area contributed by atoms with Crippen molar-refractivity contribution in [3.63, 3.8) is 0 Å². The van der Waals surface area contributed by atoms with E-state index in [0.717, 1.165) is 20.8 Å². The summed E-state index contributed by atoms with van der Waals surface area (Å²) in [7, 11) is 0. The average molecular weight is 496 g/mol. The van der Waals surface area contributed by atoms with Crippen LogP contribution in [0.15, 0.2) is 24.3 Å². The van der Waals surface area contributed by atoms with Gasteiger partial charge >= 0.3 is 128 Å². The van der Waals surface area contributed by atoms with E-state index in [0.29, 0.717) is 8.15 Å². The minimum absolute atomic E-state index is 0.325. The summed E-state index contributed by atoms with van der Waals surface area (Å²) in [4.78, 5) is 33.9. The van der Waals surface area contributed by atoms with E-state index in [9.17, 15) is 14.4 Å². The summed E-state index contributed by atoms with van der Waals surface area (Å²) in [5.74, 6) is -2.10. The van der Waals surface area contributed by atoms with Crippen molar-refractivity contribution in [1.82, 2.24) is 0 Å². The molecule has 1 rings (SSSR count). The van der Waals surface area contributed by atoms with Gasteiger partial charge in [-0.25, -0.2) is 0 Å². The Labute approximate surface area is 127 Å². The minimum atomic E-state index is -5.07. The van der Waals surface area contributed by atoms with Crippen molar-refractivity contribution >= 4 is 55.2 Å². The fourth-order valence-electron chi connectivity index (χ4n) is 1.49. The maximum absolute atomic E-state index is 11.3. The van der Waals surface area contributed by atoms with E-state index in [1.165, 1.54) is 6.07 Å². The molecule has 1 aromatic carbocycles. The summed E-state index contributed by atoms with van der Waals surface area (Å²) in [5, 5.41) is 0.346. The Morgan fingerprint density at radius 1 is 0.950 bits per heavy atom.